The molecule has 1 aromatic rings. The van der Waals surface area contributed by atoms with E-state index in [-0.39, 0.29) is 17.8 Å². The van der Waals surface area contributed by atoms with E-state index in [0.29, 0.717) is 25.4 Å². The first-order valence-corrected chi connectivity index (χ1v) is 8.42. The van der Waals surface area contributed by atoms with Crippen LogP contribution >= 0.6 is 0 Å². The monoisotopic (exact) mass is 319 g/mol. The lowest BCUT2D eigenvalue weighted by atomic mass is 10.2. The first kappa shape index (κ1) is 16.2. The molecule has 1 aromatic heterocycles. The van der Waals surface area contributed by atoms with Gasteiger partial charge in [-0.05, 0) is 38.3 Å². The van der Waals surface area contributed by atoms with Gasteiger partial charge in [-0.15, -0.1) is 0 Å². The minimum atomic E-state index is -0.232. The van der Waals surface area contributed by atoms with E-state index in [0.717, 1.165) is 44.6 Å². The van der Waals surface area contributed by atoms with E-state index in [2.05, 4.69) is 9.88 Å². The molecule has 0 bridgehead atoms. The van der Waals surface area contributed by atoms with Crippen LogP contribution in [0.1, 0.15) is 30.7 Å². The molecular weight excluding hydrogens is 294 g/mol. The largest absolute Gasteiger partial charge is 0.506 e. The summed E-state index contributed by atoms with van der Waals surface area (Å²) in [5.74, 6) is 0.382. The molecule has 0 saturated carbocycles. The maximum atomic E-state index is 12.4. The van der Waals surface area contributed by atoms with Gasteiger partial charge in [0.15, 0.2) is 0 Å². The summed E-state index contributed by atoms with van der Waals surface area (Å²) in [4.78, 5) is 21.1. The first-order valence-electron chi connectivity index (χ1n) is 8.42. The topological polar surface area (TPSA) is 65.9 Å². The van der Waals surface area contributed by atoms with Crippen molar-refractivity contribution in [1.29, 1.82) is 0 Å². The molecule has 6 nitrogen and oxygen atoms in total. The lowest BCUT2D eigenvalue weighted by molar-refractivity contribution is -0.140. The Kier molecular flexibility index (Phi) is 5.13. The number of hydrogen-bond donors (Lipinski definition) is 1. The number of rotatable bonds is 3. The van der Waals surface area contributed by atoms with Crippen molar-refractivity contribution in [3.05, 3.63) is 23.5 Å². The van der Waals surface area contributed by atoms with Crippen molar-refractivity contribution in [3.63, 3.8) is 0 Å². The van der Waals surface area contributed by atoms with Gasteiger partial charge >= 0.3 is 0 Å². The van der Waals surface area contributed by atoms with Gasteiger partial charge < -0.3 is 14.7 Å². The third-order valence-corrected chi connectivity index (χ3v) is 4.57. The molecule has 1 amide bonds. The third kappa shape index (κ3) is 4.00. The van der Waals surface area contributed by atoms with Gasteiger partial charge in [0.05, 0.1) is 5.69 Å². The van der Waals surface area contributed by atoms with Crippen LogP contribution in [0.5, 0.6) is 5.75 Å². The molecule has 2 aliphatic rings. The summed E-state index contributed by atoms with van der Waals surface area (Å²) >= 11 is 0. The Hall–Kier alpha value is -1.66. The standard InChI is InChI=1S/C17H25N3O3/c1-13-5-6-15(21)14(18-13)12-19-7-3-8-20(10-9-19)17(22)16-4-2-11-23-16/h5-6,16,21H,2-4,7-12H2,1H3. The molecule has 126 valence electrons. The summed E-state index contributed by atoms with van der Waals surface area (Å²) in [5.41, 5.74) is 1.62. The molecule has 2 saturated heterocycles. The van der Waals surface area contributed by atoms with Crippen molar-refractivity contribution in [2.45, 2.75) is 38.8 Å². The molecule has 0 radical (unpaired) electrons. The fourth-order valence-corrected chi connectivity index (χ4v) is 3.26. The van der Waals surface area contributed by atoms with E-state index in [1.165, 1.54) is 0 Å². The van der Waals surface area contributed by atoms with Crippen LogP contribution in [0.4, 0.5) is 0 Å². The van der Waals surface area contributed by atoms with Crippen LogP contribution in [-0.2, 0) is 16.1 Å². The molecule has 3 rings (SSSR count). The quantitative estimate of drug-likeness (QED) is 0.910. The number of ether oxygens (including phenoxy) is 1. The summed E-state index contributed by atoms with van der Waals surface area (Å²) < 4.78 is 5.51. The Labute approximate surface area is 137 Å². The van der Waals surface area contributed by atoms with Crippen LogP contribution in [0.25, 0.3) is 0 Å². The first-order chi connectivity index (χ1) is 11.1. The average Bonchev–Trinajstić information content (AvgIpc) is 2.98. The summed E-state index contributed by atoms with van der Waals surface area (Å²) in [5, 5.41) is 9.95. The number of carbonyl (C=O) groups excluding carboxylic acids is 1. The normalized spacial score (nSPS) is 23.0. The van der Waals surface area contributed by atoms with Crippen molar-refractivity contribution in [3.8, 4) is 5.75 Å². The van der Waals surface area contributed by atoms with E-state index in [4.69, 9.17) is 4.74 Å². The van der Waals surface area contributed by atoms with Gasteiger partial charge in [0.2, 0.25) is 0 Å². The second-order valence-electron chi connectivity index (χ2n) is 6.38. The number of amides is 1. The summed E-state index contributed by atoms with van der Waals surface area (Å²) in [7, 11) is 0. The molecule has 1 unspecified atom stereocenters. The van der Waals surface area contributed by atoms with Gasteiger partial charge in [0, 0.05) is 45.0 Å². The maximum absolute atomic E-state index is 12.4. The summed E-state index contributed by atoms with van der Waals surface area (Å²) in [6.07, 6.45) is 2.53. The van der Waals surface area contributed by atoms with Gasteiger partial charge in [-0.1, -0.05) is 0 Å². The molecule has 1 atom stereocenters. The number of aromatic nitrogens is 1. The van der Waals surface area contributed by atoms with Crippen molar-refractivity contribution in [1.82, 2.24) is 14.8 Å². The van der Waals surface area contributed by atoms with E-state index in [1.807, 2.05) is 17.9 Å². The number of aryl methyl sites for hydroxylation is 1. The van der Waals surface area contributed by atoms with Crippen LogP contribution in [0.3, 0.4) is 0 Å². The Morgan fingerprint density at radius 1 is 1.30 bits per heavy atom. The van der Waals surface area contributed by atoms with Crippen LogP contribution < -0.4 is 0 Å². The molecule has 3 heterocycles. The van der Waals surface area contributed by atoms with Crippen molar-refractivity contribution in [2.75, 3.05) is 32.8 Å². The molecule has 23 heavy (non-hydrogen) atoms. The molecule has 1 N–H and O–H groups in total. The second kappa shape index (κ2) is 7.27. The molecule has 0 spiro atoms. The Morgan fingerprint density at radius 2 is 2.17 bits per heavy atom. The van der Waals surface area contributed by atoms with Gasteiger partial charge in [0.1, 0.15) is 11.9 Å². The van der Waals surface area contributed by atoms with Crippen LogP contribution in [0.2, 0.25) is 0 Å². The highest BCUT2D eigenvalue weighted by Gasteiger charge is 2.29. The highest BCUT2D eigenvalue weighted by atomic mass is 16.5. The summed E-state index contributed by atoms with van der Waals surface area (Å²) in [6.45, 7) is 6.45. The number of carbonyl (C=O) groups is 1. The average molecular weight is 319 g/mol. The van der Waals surface area contributed by atoms with Crippen LogP contribution in [0, 0.1) is 6.92 Å². The molecular formula is C17H25N3O3. The third-order valence-electron chi connectivity index (χ3n) is 4.57. The van der Waals surface area contributed by atoms with E-state index in [1.54, 1.807) is 6.07 Å². The van der Waals surface area contributed by atoms with Crippen molar-refractivity contribution >= 4 is 5.91 Å². The Balaban J connectivity index is 1.57. The van der Waals surface area contributed by atoms with E-state index >= 15 is 0 Å². The Morgan fingerprint density at radius 3 is 2.96 bits per heavy atom. The fraction of sp³-hybridized carbons (Fsp3) is 0.647. The number of hydrogen-bond acceptors (Lipinski definition) is 5. The molecule has 6 heteroatoms. The van der Waals surface area contributed by atoms with E-state index < -0.39 is 0 Å². The predicted molar refractivity (Wildman–Crippen MR) is 86.1 cm³/mol. The lowest BCUT2D eigenvalue weighted by Crippen LogP contribution is -2.41. The second-order valence-corrected chi connectivity index (χ2v) is 6.38. The van der Waals surface area contributed by atoms with Gasteiger partial charge in [0.25, 0.3) is 5.91 Å². The van der Waals surface area contributed by atoms with Gasteiger partial charge in [-0.2, -0.15) is 0 Å². The van der Waals surface area contributed by atoms with Crippen molar-refractivity contribution in [2.24, 2.45) is 0 Å². The SMILES string of the molecule is Cc1ccc(O)c(CN2CCCN(C(=O)C3CCCO3)CC2)n1. The van der Waals surface area contributed by atoms with Gasteiger partial charge in [-0.3, -0.25) is 14.7 Å². The molecule has 2 aliphatic heterocycles. The zero-order valence-corrected chi connectivity index (χ0v) is 13.7. The zero-order valence-electron chi connectivity index (χ0n) is 13.7. The minimum absolute atomic E-state index is 0.140. The molecule has 2 fully saturated rings. The van der Waals surface area contributed by atoms with Crippen LogP contribution in [0.15, 0.2) is 12.1 Å². The minimum Gasteiger partial charge on any atom is -0.506 e. The highest BCUT2D eigenvalue weighted by Crippen LogP contribution is 2.19. The Bertz CT molecular complexity index is 558. The van der Waals surface area contributed by atoms with Crippen LogP contribution in [-0.4, -0.2) is 64.7 Å². The highest BCUT2D eigenvalue weighted by molar-refractivity contribution is 5.81. The number of nitrogens with zero attached hydrogens (tertiary/aromatic N) is 3. The number of pyridine rings is 1. The van der Waals surface area contributed by atoms with E-state index in [9.17, 15) is 9.90 Å². The predicted octanol–water partition coefficient (Wildman–Crippen LogP) is 1.31. The van der Waals surface area contributed by atoms with Gasteiger partial charge in [-0.25, -0.2) is 0 Å². The zero-order chi connectivity index (χ0) is 16.2. The molecule has 0 aromatic carbocycles. The lowest BCUT2D eigenvalue weighted by Gasteiger charge is -2.24. The fourth-order valence-electron chi connectivity index (χ4n) is 3.26. The summed E-state index contributed by atoms with van der Waals surface area (Å²) in [6, 6.07) is 3.51. The smallest absolute Gasteiger partial charge is 0.251 e. The molecule has 0 aliphatic carbocycles. The maximum Gasteiger partial charge on any atom is 0.251 e. The van der Waals surface area contributed by atoms with Crippen molar-refractivity contribution < 1.29 is 14.6 Å². The number of aromatic hydroxyl groups is 1.